The number of nitrogens with zero attached hydrogens (tertiary/aromatic N) is 2. The molecule has 62 valence electrons. The normalized spacial score (nSPS) is 11.1. The number of aryl methyl sites for hydroxylation is 1. The Hall–Kier alpha value is -0.440. The number of rotatable bonds is 1. The zero-order chi connectivity index (χ0) is 8.59. The van der Waals surface area contributed by atoms with E-state index in [4.69, 9.17) is 0 Å². The molecule has 0 fully saturated rings. The highest BCUT2D eigenvalue weighted by atomic mass is 32.1. The van der Waals surface area contributed by atoms with Gasteiger partial charge < -0.3 is 0 Å². The van der Waals surface area contributed by atoms with Crippen molar-refractivity contribution in [2.24, 2.45) is 0 Å². The molecule has 0 saturated carbocycles. The average molecular weight is 170 g/mol. The number of aromatic nitrogens is 2. The van der Waals surface area contributed by atoms with Crippen LogP contribution >= 0.6 is 12.8 Å². The van der Waals surface area contributed by atoms with Gasteiger partial charge in [0.1, 0.15) is 0 Å². The van der Waals surface area contributed by atoms with Gasteiger partial charge in [0.05, 0.1) is 11.4 Å². The first-order valence-corrected chi connectivity index (χ1v) is 4.19. The van der Waals surface area contributed by atoms with Crippen LogP contribution in [0.3, 0.4) is 0 Å². The van der Waals surface area contributed by atoms with Crippen LogP contribution in [0.1, 0.15) is 36.7 Å². The number of hydrogen-bond acceptors (Lipinski definition) is 2. The molecular weight excluding hydrogens is 156 g/mol. The fourth-order valence-electron chi connectivity index (χ4n) is 1.48. The molecule has 11 heavy (non-hydrogen) atoms. The van der Waals surface area contributed by atoms with Crippen molar-refractivity contribution in [2.45, 2.75) is 33.6 Å². The molecule has 0 saturated heterocycles. The molecule has 2 nitrogen and oxygen atoms in total. The third kappa shape index (κ3) is 1.43. The standard InChI is InChI=1S/C8H14N2S/c1-5(2)8-6(3)9-10(11)7(8)4/h5,11H,1-4H3. The van der Waals surface area contributed by atoms with Gasteiger partial charge in [-0.15, -0.1) is 0 Å². The van der Waals surface area contributed by atoms with E-state index in [9.17, 15) is 0 Å². The predicted octanol–water partition coefficient (Wildman–Crippen LogP) is 2.32. The van der Waals surface area contributed by atoms with E-state index in [1.165, 1.54) is 5.56 Å². The largest absolute Gasteiger partial charge is 0.214 e. The molecule has 0 unspecified atom stereocenters. The van der Waals surface area contributed by atoms with Gasteiger partial charge in [-0.05, 0) is 38.1 Å². The van der Waals surface area contributed by atoms with Crippen molar-refractivity contribution in [3.8, 4) is 0 Å². The monoisotopic (exact) mass is 170 g/mol. The first-order chi connectivity index (χ1) is 5.04. The summed E-state index contributed by atoms with van der Waals surface area (Å²) in [6.07, 6.45) is 0. The topological polar surface area (TPSA) is 17.8 Å². The average Bonchev–Trinajstić information content (AvgIpc) is 2.07. The van der Waals surface area contributed by atoms with Gasteiger partial charge in [-0.2, -0.15) is 5.10 Å². The molecule has 0 aliphatic carbocycles. The van der Waals surface area contributed by atoms with Gasteiger partial charge in [-0.25, -0.2) is 4.09 Å². The van der Waals surface area contributed by atoms with Gasteiger partial charge in [-0.3, -0.25) is 0 Å². The molecule has 0 radical (unpaired) electrons. The van der Waals surface area contributed by atoms with Gasteiger partial charge in [-0.1, -0.05) is 13.8 Å². The summed E-state index contributed by atoms with van der Waals surface area (Å²) >= 11 is 4.19. The van der Waals surface area contributed by atoms with E-state index in [1.54, 1.807) is 4.09 Å². The molecule has 0 bridgehead atoms. The Morgan fingerprint density at radius 2 is 1.91 bits per heavy atom. The van der Waals surface area contributed by atoms with Crippen molar-refractivity contribution in [3.05, 3.63) is 17.0 Å². The fraction of sp³-hybridized carbons (Fsp3) is 0.625. The molecule has 3 heteroatoms. The van der Waals surface area contributed by atoms with Crippen molar-refractivity contribution >= 4 is 12.8 Å². The maximum atomic E-state index is 4.21. The van der Waals surface area contributed by atoms with Crippen LogP contribution in [0.5, 0.6) is 0 Å². The van der Waals surface area contributed by atoms with Crippen LogP contribution in [0.25, 0.3) is 0 Å². The van der Waals surface area contributed by atoms with E-state index in [1.807, 2.05) is 13.8 Å². The molecule has 0 aromatic carbocycles. The minimum absolute atomic E-state index is 0.538. The van der Waals surface area contributed by atoms with Crippen LogP contribution in [0.2, 0.25) is 0 Å². The second-order valence-electron chi connectivity index (χ2n) is 3.13. The smallest absolute Gasteiger partial charge is 0.0641 e. The minimum atomic E-state index is 0.538. The van der Waals surface area contributed by atoms with E-state index in [0.29, 0.717) is 5.92 Å². The Balaban J connectivity index is 3.22. The molecule has 0 amide bonds. The Bertz CT molecular complexity index is 263. The van der Waals surface area contributed by atoms with Crippen molar-refractivity contribution in [1.82, 2.24) is 9.19 Å². The quantitative estimate of drug-likeness (QED) is 0.640. The summed E-state index contributed by atoms with van der Waals surface area (Å²) < 4.78 is 1.64. The van der Waals surface area contributed by atoms with Crippen molar-refractivity contribution in [1.29, 1.82) is 0 Å². The summed E-state index contributed by atoms with van der Waals surface area (Å²) in [6, 6.07) is 0. The Labute approximate surface area is 73.2 Å². The maximum absolute atomic E-state index is 4.21. The van der Waals surface area contributed by atoms with Crippen LogP contribution in [-0.2, 0) is 0 Å². The van der Waals surface area contributed by atoms with Gasteiger partial charge in [0, 0.05) is 0 Å². The second-order valence-corrected chi connectivity index (χ2v) is 3.51. The molecule has 0 aliphatic rings. The summed E-state index contributed by atoms with van der Waals surface area (Å²) in [6.45, 7) is 8.41. The third-order valence-electron chi connectivity index (χ3n) is 1.90. The van der Waals surface area contributed by atoms with Gasteiger partial charge in [0.25, 0.3) is 0 Å². The molecule has 0 aliphatic heterocycles. The van der Waals surface area contributed by atoms with Crippen LogP contribution in [0.4, 0.5) is 0 Å². The Morgan fingerprint density at radius 3 is 2.09 bits per heavy atom. The first-order valence-electron chi connectivity index (χ1n) is 3.79. The molecule has 0 spiro atoms. The molecule has 1 heterocycles. The SMILES string of the molecule is Cc1nn(S)c(C)c1C(C)C. The highest BCUT2D eigenvalue weighted by Crippen LogP contribution is 2.22. The first kappa shape index (κ1) is 8.65. The Kier molecular flexibility index (Phi) is 2.28. The van der Waals surface area contributed by atoms with Crippen LogP contribution in [-0.4, -0.2) is 9.19 Å². The third-order valence-corrected chi connectivity index (χ3v) is 2.29. The van der Waals surface area contributed by atoms with E-state index in [-0.39, 0.29) is 0 Å². The lowest BCUT2D eigenvalue weighted by Crippen LogP contribution is -1.91. The zero-order valence-electron chi connectivity index (χ0n) is 7.42. The minimum Gasteiger partial charge on any atom is -0.214 e. The van der Waals surface area contributed by atoms with Crippen molar-refractivity contribution in [2.75, 3.05) is 0 Å². The Morgan fingerprint density at radius 1 is 1.36 bits per heavy atom. The molecular formula is C8H14N2S. The lowest BCUT2D eigenvalue weighted by molar-refractivity contribution is 0.847. The van der Waals surface area contributed by atoms with Crippen molar-refractivity contribution < 1.29 is 0 Å². The molecule has 0 N–H and O–H groups in total. The number of thiol groups is 1. The summed E-state index contributed by atoms with van der Waals surface area (Å²) in [4.78, 5) is 0. The number of hydrogen-bond donors (Lipinski definition) is 1. The van der Waals surface area contributed by atoms with E-state index in [2.05, 4.69) is 31.8 Å². The second kappa shape index (κ2) is 2.89. The molecule has 1 rings (SSSR count). The zero-order valence-corrected chi connectivity index (χ0v) is 8.31. The van der Waals surface area contributed by atoms with Crippen LogP contribution in [0.15, 0.2) is 0 Å². The summed E-state index contributed by atoms with van der Waals surface area (Å²) in [7, 11) is 0. The summed E-state index contributed by atoms with van der Waals surface area (Å²) in [5.41, 5.74) is 3.56. The van der Waals surface area contributed by atoms with E-state index in [0.717, 1.165) is 11.4 Å². The van der Waals surface area contributed by atoms with E-state index >= 15 is 0 Å². The lowest BCUT2D eigenvalue weighted by atomic mass is 10.0. The predicted molar refractivity (Wildman–Crippen MR) is 50.2 cm³/mol. The van der Waals surface area contributed by atoms with Gasteiger partial charge in [0.2, 0.25) is 0 Å². The maximum Gasteiger partial charge on any atom is 0.0641 e. The van der Waals surface area contributed by atoms with Crippen LogP contribution < -0.4 is 0 Å². The van der Waals surface area contributed by atoms with Gasteiger partial charge in [0.15, 0.2) is 0 Å². The fourth-order valence-corrected chi connectivity index (χ4v) is 1.72. The summed E-state index contributed by atoms with van der Waals surface area (Å²) in [5.74, 6) is 0.538. The highest BCUT2D eigenvalue weighted by molar-refractivity contribution is 7.78. The highest BCUT2D eigenvalue weighted by Gasteiger charge is 2.12. The summed E-state index contributed by atoms with van der Waals surface area (Å²) in [5, 5.41) is 4.21. The molecule has 1 aromatic rings. The lowest BCUT2D eigenvalue weighted by Gasteiger charge is -2.03. The van der Waals surface area contributed by atoms with E-state index < -0.39 is 0 Å². The molecule has 1 aromatic heterocycles. The van der Waals surface area contributed by atoms with Crippen molar-refractivity contribution in [3.63, 3.8) is 0 Å². The van der Waals surface area contributed by atoms with Gasteiger partial charge >= 0.3 is 0 Å². The van der Waals surface area contributed by atoms with Crippen LogP contribution in [0, 0.1) is 13.8 Å². The molecule has 0 atom stereocenters.